The summed E-state index contributed by atoms with van der Waals surface area (Å²) >= 11 is 0. The third-order valence-electron chi connectivity index (χ3n) is 5.20. The molecule has 4 heterocycles. The Morgan fingerprint density at radius 1 is 1.17 bits per heavy atom. The normalized spacial score (nSPS) is 14.9. The fourth-order valence-electron chi connectivity index (χ4n) is 3.60. The summed E-state index contributed by atoms with van der Waals surface area (Å²) in [6.45, 7) is 5.90. The van der Waals surface area contributed by atoms with Crippen molar-refractivity contribution in [3.63, 3.8) is 0 Å². The average molecular weight is 391 g/mol. The summed E-state index contributed by atoms with van der Waals surface area (Å²) in [6.07, 6.45) is 8.78. The van der Waals surface area contributed by atoms with Gasteiger partial charge in [-0.15, -0.1) is 0 Å². The van der Waals surface area contributed by atoms with Crippen LogP contribution in [0.5, 0.6) is 0 Å². The molecule has 29 heavy (non-hydrogen) atoms. The van der Waals surface area contributed by atoms with Crippen molar-refractivity contribution < 1.29 is 4.79 Å². The number of hydrogen-bond donors (Lipinski definition) is 2. The Hall–Kier alpha value is -3.29. The largest absolute Gasteiger partial charge is 0.348 e. The van der Waals surface area contributed by atoms with Crippen LogP contribution in [0.15, 0.2) is 43.0 Å². The first-order chi connectivity index (χ1) is 14.1. The number of nitrogens with zero attached hydrogens (tertiary/aromatic N) is 5. The molecule has 0 saturated carbocycles. The van der Waals surface area contributed by atoms with Gasteiger partial charge in [-0.2, -0.15) is 5.10 Å². The number of amides is 1. The van der Waals surface area contributed by atoms with Crippen LogP contribution in [0.2, 0.25) is 0 Å². The van der Waals surface area contributed by atoms with E-state index in [2.05, 4.69) is 44.2 Å². The van der Waals surface area contributed by atoms with Gasteiger partial charge >= 0.3 is 0 Å². The molecule has 0 spiro atoms. The van der Waals surface area contributed by atoms with Gasteiger partial charge in [-0.3, -0.25) is 14.9 Å². The van der Waals surface area contributed by atoms with E-state index in [1.54, 1.807) is 24.7 Å². The maximum Gasteiger partial charge on any atom is 0.269 e. The van der Waals surface area contributed by atoms with Crippen molar-refractivity contribution in [1.82, 2.24) is 30.5 Å². The zero-order valence-corrected chi connectivity index (χ0v) is 16.7. The molecule has 1 amide bonds. The average Bonchev–Trinajstić information content (AvgIpc) is 3.30. The van der Waals surface area contributed by atoms with Gasteiger partial charge in [-0.1, -0.05) is 13.8 Å². The van der Waals surface area contributed by atoms with E-state index in [0.29, 0.717) is 5.69 Å². The van der Waals surface area contributed by atoms with Gasteiger partial charge < -0.3 is 10.2 Å². The summed E-state index contributed by atoms with van der Waals surface area (Å²) in [7, 11) is 0. The lowest BCUT2D eigenvalue weighted by Crippen LogP contribution is -2.45. The second-order valence-electron chi connectivity index (χ2n) is 7.56. The molecule has 1 fully saturated rings. The van der Waals surface area contributed by atoms with Gasteiger partial charge in [0.25, 0.3) is 5.91 Å². The molecular formula is C21H25N7O. The van der Waals surface area contributed by atoms with Gasteiger partial charge in [-0.25, -0.2) is 9.97 Å². The van der Waals surface area contributed by atoms with E-state index >= 15 is 0 Å². The number of carbonyl (C=O) groups is 1. The van der Waals surface area contributed by atoms with Gasteiger partial charge in [0.15, 0.2) is 0 Å². The van der Waals surface area contributed by atoms with E-state index in [-0.39, 0.29) is 17.9 Å². The van der Waals surface area contributed by atoms with Crippen LogP contribution < -0.4 is 10.2 Å². The zero-order valence-electron chi connectivity index (χ0n) is 16.7. The molecular weight excluding hydrogens is 366 g/mol. The smallest absolute Gasteiger partial charge is 0.269 e. The SMILES string of the molecule is CC(C)c1nc(N2CCC(NC(=O)c3ccn[nH]3)CC2)ncc1-c1ccncc1. The molecule has 0 unspecified atom stereocenters. The molecule has 4 rings (SSSR count). The highest BCUT2D eigenvalue weighted by Crippen LogP contribution is 2.29. The molecule has 8 nitrogen and oxygen atoms in total. The first kappa shape index (κ1) is 19.0. The third kappa shape index (κ3) is 4.26. The Morgan fingerprint density at radius 2 is 1.93 bits per heavy atom. The minimum Gasteiger partial charge on any atom is -0.348 e. The van der Waals surface area contributed by atoms with E-state index in [9.17, 15) is 4.79 Å². The summed E-state index contributed by atoms with van der Waals surface area (Å²) in [5.74, 6) is 0.928. The number of aromatic nitrogens is 5. The van der Waals surface area contributed by atoms with Crippen LogP contribution in [0.25, 0.3) is 11.1 Å². The highest BCUT2D eigenvalue weighted by Gasteiger charge is 2.24. The topological polar surface area (TPSA) is 99.7 Å². The van der Waals surface area contributed by atoms with Crippen LogP contribution in [-0.2, 0) is 0 Å². The first-order valence-electron chi connectivity index (χ1n) is 9.94. The molecule has 0 aliphatic carbocycles. The predicted molar refractivity (Wildman–Crippen MR) is 111 cm³/mol. The number of pyridine rings is 1. The predicted octanol–water partition coefficient (Wildman–Crippen LogP) is 2.78. The molecule has 150 valence electrons. The number of nitrogens with one attached hydrogen (secondary N) is 2. The van der Waals surface area contributed by atoms with Gasteiger partial charge in [-0.05, 0) is 42.5 Å². The van der Waals surface area contributed by atoms with Crippen molar-refractivity contribution in [2.45, 2.75) is 38.6 Å². The lowest BCUT2D eigenvalue weighted by molar-refractivity contribution is 0.0926. The number of piperidine rings is 1. The molecule has 3 aromatic rings. The summed E-state index contributed by atoms with van der Waals surface area (Å²) in [4.78, 5) is 28.0. The summed E-state index contributed by atoms with van der Waals surface area (Å²) in [6, 6.07) is 5.79. The number of anilines is 1. The second kappa shape index (κ2) is 8.38. The number of H-pyrrole nitrogens is 1. The minimum atomic E-state index is -0.110. The second-order valence-corrected chi connectivity index (χ2v) is 7.56. The quantitative estimate of drug-likeness (QED) is 0.694. The number of rotatable bonds is 5. The lowest BCUT2D eigenvalue weighted by atomic mass is 10.00. The molecule has 0 aromatic carbocycles. The standard InChI is InChI=1S/C21H25N7O/c1-14(2)19-17(15-3-8-22-9-4-15)13-23-21(26-19)28-11-6-16(7-12-28)25-20(29)18-5-10-24-27-18/h3-5,8-10,13-14,16H,6-7,11-12H2,1-2H3,(H,24,27)(H,25,29). The maximum absolute atomic E-state index is 12.2. The summed E-state index contributed by atoms with van der Waals surface area (Å²) in [5, 5.41) is 9.60. The summed E-state index contributed by atoms with van der Waals surface area (Å²) in [5.41, 5.74) is 3.66. The van der Waals surface area contributed by atoms with Gasteiger partial charge in [0.05, 0.1) is 5.69 Å². The molecule has 0 radical (unpaired) electrons. The number of carbonyl (C=O) groups excluding carboxylic acids is 1. The monoisotopic (exact) mass is 391 g/mol. The van der Waals surface area contributed by atoms with Gasteiger partial charge in [0.2, 0.25) is 5.95 Å². The molecule has 1 aliphatic rings. The van der Waals surface area contributed by atoms with Crippen LogP contribution in [-0.4, -0.2) is 50.2 Å². The zero-order chi connectivity index (χ0) is 20.2. The lowest BCUT2D eigenvalue weighted by Gasteiger charge is -2.32. The van der Waals surface area contributed by atoms with Crippen LogP contribution >= 0.6 is 0 Å². The van der Waals surface area contributed by atoms with Crippen LogP contribution in [0, 0.1) is 0 Å². The molecule has 0 atom stereocenters. The summed E-state index contributed by atoms with van der Waals surface area (Å²) < 4.78 is 0. The molecule has 1 saturated heterocycles. The van der Waals surface area contributed by atoms with Crippen molar-refractivity contribution in [2.75, 3.05) is 18.0 Å². The number of aromatic amines is 1. The van der Waals surface area contributed by atoms with Crippen molar-refractivity contribution >= 4 is 11.9 Å². The van der Waals surface area contributed by atoms with Crippen molar-refractivity contribution in [1.29, 1.82) is 0 Å². The van der Waals surface area contributed by atoms with E-state index in [1.165, 1.54) is 0 Å². The maximum atomic E-state index is 12.2. The highest BCUT2D eigenvalue weighted by atomic mass is 16.2. The van der Waals surface area contributed by atoms with E-state index in [0.717, 1.165) is 48.7 Å². The van der Waals surface area contributed by atoms with Crippen LogP contribution in [0.3, 0.4) is 0 Å². The number of hydrogen-bond acceptors (Lipinski definition) is 6. The van der Waals surface area contributed by atoms with Crippen LogP contribution in [0.1, 0.15) is 48.8 Å². The fraction of sp³-hybridized carbons (Fsp3) is 0.381. The molecule has 1 aliphatic heterocycles. The first-order valence-corrected chi connectivity index (χ1v) is 9.94. The van der Waals surface area contributed by atoms with Gasteiger partial charge in [0.1, 0.15) is 5.69 Å². The Bertz CT molecular complexity index is 948. The highest BCUT2D eigenvalue weighted by molar-refractivity contribution is 5.92. The van der Waals surface area contributed by atoms with Crippen molar-refractivity contribution in [2.24, 2.45) is 0 Å². The van der Waals surface area contributed by atoms with Crippen molar-refractivity contribution in [3.05, 3.63) is 54.4 Å². The van der Waals surface area contributed by atoms with Gasteiger partial charge in [0, 0.05) is 49.5 Å². The molecule has 0 bridgehead atoms. The van der Waals surface area contributed by atoms with E-state index < -0.39 is 0 Å². The van der Waals surface area contributed by atoms with E-state index in [1.807, 2.05) is 18.3 Å². The van der Waals surface area contributed by atoms with Crippen LogP contribution in [0.4, 0.5) is 5.95 Å². The Kier molecular flexibility index (Phi) is 5.50. The molecule has 8 heteroatoms. The minimum absolute atomic E-state index is 0.110. The molecule has 3 aromatic heterocycles. The Morgan fingerprint density at radius 3 is 2.59 bits per heavy atom. The molecule has 2 N–H and O–H groups in total. The Balaban J connectivity index is 1.44. The van der Waals surface area contributed by atoms with E-state index in [4.69, 9.17) is 4.98 Å². The Labute approximate surface area is 169 Å². The fourth-order valence-corrected chi connectivity index (χ4v) is 3.60. The van der Waals surface area contributed by atoms with Crippen molar-refractivity contribution in [3.8, 4) is 11.1 Å². The third-order valence-corrected chi connectivity index (χ3v) is 5.20.